The van der Waals surface area contributed by atoms with Crippen molar-refractivity contribution >= 4 is 38.9 Å². The first-order valence-corrected chi connectivity index (χ1v) is 20.9. The number of rotatable bonds is 9. The molecule has 0 aliphatic heterocycles. The minimum atomic E-state index is -0.131. The average molecular weight is 795 g/mol. The fourth-order valence-corrected chi connectivity index (χ4v) is 8.69. The van der Waals surface area contributed by atoms with Crippen molar-refractivity contribution in [2.75, 3.05) is 4.90 Å². The van der Waals surface area contributed by atoms with Crippen LogP contribution in [0.4, 0.5) is 17.1 Å². The molecular weight excluding hydrogens is 749 g/mol. The standard InChI is InChI=1S/C60H42N2/c1-4-16-43(17-5-1)44-28-30-45(31-29-44)46-32-37-51(38-33-46)61(57-25-13-10-22-53(57)48-18-6-2-7-19-48)52-39-34-47(35-40-52)50-36-41-60-56(42-50)55-24-12-15-27-59(55)62(60)58-26-14-11-23-54(58)49-20-8-3-9-21-49/h1-42H/i34D,35D,39D,40D. The fraction of sp³-hybridized carbons (Fsp3) is 0. The number of benzene rings is 10. The molecule has 0 unspecified atom stereocenters. The van der Waals surface area contributed by atoms with Gasteiger partial charge in [0.2, 0.25) is 0 Å². The van der Waals surface area contributed by atoms with Gasteiger partial charge in [0.1, 0.15) is 0 Å². The van der Waals surface area contributed by atoms with Gasteiger partial charge in [0.05, 0.1) is 27.9 Å². The Morgan fingerprint density at radius 3 is 1.44 bits per heavy atom. The zero-order valence-corrected chi connectivity index (χ0v) is 33.8. The molecule has 1 heterocycles. The van der Waals surface area contributed by atoms with Gasteiger partial charge < -0.3 is 9.47 Å². The zero-order chi connectivity index (χ0) is 44.7. The Bertz CT molecular complexity index is 3520. The summed E-state index contributed by atoms with van der Waals surface area (Å²) in [7, 11) is 0. The van der Waals surface area contributed by atoms with Crippen LogP contribution in [-0.4, -0.2) is 4.57 Å². The van der Waals surface area contributed by atoms with Gasteiger partial charge in [-0.15, -0.1) is 0 Å². The van der Waals surface area contributed by atoms with Crippen molar-refractivity contribution < 1.29 is 5.48 Å². The van der Waals surface area contributed by atoms with Crippen molar-refractivity contribution in [3.05, 3.63) is 255 Å². The molecule has 0 saturated heterocycles. The van der Waals surface area contributed by atoms with E-state index in [1.807, 2.05) is 126 Å². The van der Waals surface area contributed by atoms with Gasteiger partial charge in [0.15, 0.2) is 0 Å². The van der Waals surface area contributed by atoms with Gasteiger partial charge in [0.25, 0.3) is 0 Å². The highest BCUT2D eigenvalue weighted by Crippen LogP contribution is 2.43. The van der Waals surface area contributed by atoms with Crippen molar-refractivity contribution in [3.8, 4) is 61.3 Å². The lowest BCUT2D eigenvalue weighted by atomic mass is 9.99. The maximum Gasteiger partial charge on any atom is 0.0645 e. The smallest absolute Gasteiger partial charge is 0.0645 e. The highest BCUT2D eigenvalue weighted by Gasteiger charge is 2.19. The maximum atomic E-state index is 9.77. The second-order valence-corrected chi connectivity index (χ2v) is 15.4. The SMILES string of the molecule is [2H]c1c([2H])c(N(c2ccc(-c3ccc(-c4ccccc4)cc3)cc2)c2ccccc2-c2ccccc2)c([2H])c([2H])c1-c1ccc2c(c1)c1ccccc1n2-c1ccccc1-c1ccccc1. The summed E-state index contributed by atoms with van der Waals surface area (Å²) in [6.45, 7) is 0. The number of anilines is 3. The molecule has 0 N–H and O–H groups in total. The third-order valence-electron chi connectivity index (χ3n) is 11.7. The number of aromatic nitrogens is 1. The van der Waals surface area contributed by atoms with Gasteiger partial charge >= 0.3 is 0 Å². The van der Waals surface area contributed by atoms with E-state index >= 15 is 0 Å². The van der Waals surface area contributed by atoms with Crippen LogP contribution in [0.1, 0.15) is 5.48 Å². The monoisotopic (exact) mass is 794 g/mol. The van der Waals surface area contributed by atoms with Crippen LogP contribution in [-0.2, 0) is 0 Å². The number of nitrogens with zero attached hydrogens (tertiary/aromatic N) is 2. The van der Waals surface area contributed by atoms with Gasteiger partial charge in [-0.3, -0.25) is 0 Å². The molecule has 0 amide bonds. The van der Waals surface area contributed by atoms with Crippen molar-refractivity contribution in [2.45, 2.75) is 0 Å². The van der Waals surface area contributed by atoms with E-state index in [-0.39, 0.29) is 35.4 Å². The lowest BCUT2D eigenvalue weighted by Crippen LogP contribution is -2.11. The van der Waals surface area contributed by atoms with Gasteiger partial charge in [0, 0.05) is 33.3 Å². The largest absolute Gasteiger partial charge is 0.310 e. The average Bonchev–Trinajstić information content (AvgIpc) is 3.71. The van der Waals surface area contributed by atoms with E-state index in [0.717, 1.165) is 77.7 Å². The summed E-state index contributed by atoms with van der Waals surface area (Å²) in [6, 6.07) is 77.6. The summed E-state index contributed by atoms with van der Waals surface area (Å²) >= 11 is 0. The second kappa shape index (κ2) is 16.1. The predicted molar refractivity (Wildman–Crippen MR) is 263 cm³/mol. The third-order valence-corrected chi connectivity index (χ3v) is 11.7. The first-order valence-electron chi connectivity index (χ1n) is 22.9. The van der Waals surface area contributed by atoms with Crippen LogP contribution in [0.25, 0.3) is 83.1 Å². The highest BCUT2D eigenvalue weighted by molar-refractivity contribution is 6.11. The lowest BCUT2D eigenvalue weighted by Gasteiger charge is -2.28. The van der Waals surface area contributed by atoms with Crippen molar-refractivity contribution in [1.82, 2.24) is 4.57 Å². The molecule has 11 rings (SSSR count). The quantitative estimate of drug-likeness (QED) is 0.141. The Balaban J connectivity index is 1.05. The van der Waals surface area contributed by atoms with Crippen LogP contribution < -0.4 is 4.90 Å². The molecule has 62 heavy (non-hydrogen) atoms. The molecule has 10 aromatic carbocycles. The molecule has 2 nitrogen and oxygen atoms in total. The molecule has 1 aromatic heterocycles. The van der Waals surface area contributed by atoms with Gasteiger partial charge in [-0.1, -0.05) is 200 Å². The molecule has 11 aromatic rings. The van der Waals surface area contributed by atoms with Crippen molar-refractivity contribution in [2.24, 2.45) is 0 Å². The van der Waals surface area contributed by atoms with Crippen LogP contribution in [0.5, 0.6) is 0 Å². The zero-order valence-electron chi connectivity index (χ0n) is 37.8. The summed E-state index contributed by atoms with van der Waals surface area (Å²) in [5, 5.41) is 1.99. The van der Waals surface area contributed by atoms with Crippen LogP contribution >= 0.6 is 0 Å². The highest BCUT2D eigenvalue weighted by atomic mass is 15.1. The molecule has 0 atom stereocenters. The molecule has 0 aliphatic rings. The summed E-state index contributed by atoms with van der Waals surface area (Å²) in [5.74, 6) is 0. The Labute approximate surface area is 368 Å². The van der Waals surface area contributed by atoms with E-state index in [0.29, 0.717) is 11.3 Å². The summed E-state index contributed by atoms with van der Waals surface area (Å²) in [5.41, 5.74) is 14.0. The minimum Gasteiger partial charge on any atom is -0.310 e. The predicted octanol–water partition coefficient (Wildman–Crippen LogP) is 16.6. The summed E-state index contributed by atoms with van der Waals surface area (Å²) in [6.07, 6.45) is 0. The first-order chi connectivity index (χ1) is 32.4. The normalized spacial score (nSPS) is 12.1. The van der Waals surface area contributed by atoms with E-state index in [2.05, 4.69) is 114 Å². The molecule has 0 saturated carbocycles. The Hall–Kier alpha value is -8.20. The van der Waals surface area contributed by atoms with E-state index < -0.39 is 0 Å². The van der Waals surface area contributed by atoms with Crippen LogP contribution in [0.3, 0.4) is 0 Å². The van der Waals surface area contributed by atoms with Crippen LogP contribution in [0.15, 0.2) is 255 Å². The van der Waals surface area contributed by atoms with Gasteiger partial charge in [-0.25, -0.2) is 0 Å². The Kier molecular flexibility index (Phi) is 8.47. The number of hydrogen-bond acceptors (Lipinski definition) is 1. The summed E-state index contributed by atoms with van der Waals surface area (Å²) < 4.78 is 41.2. The van der Waals surface area contributed by atoms with E-state index in [1.165, 1.54) is 0 Å². The second-order valence-electron chi connectivity index (χ2n) is 15.4. The van der Waals surface area contributed by atoms with Crippen molar-refractivity contribution in [3.63, 3.8) is 0 Å². The minimum absolute atomic E-state index is 0.110. The lowest BCUT2D eigenvalue weighted by molar-refractivity contribution is 1.18. The third kappa shape index (κ3) is 6.84. The molecular formula is C60H42N2. The molecule has 0 bridgehead atoms. The number of fused-ring (bicyclic) bond motifs is 3. The topological polar surface area (TPSA) is 8.17 Å². The first kappa shape index (κ1) is 32.6. The molecule has 0 radical (unpaired) electrons. The van der Waals surface area contributed by atoms with E-state index in [4.69, 9.17) is 0 Å². The van der Waals surface area contributed by atoms with Crippen molar-refractivity contribution in [1.29, 1.82) is 0 Å². The van der Waals surface area contributed by atoms with E-state index in [9.17, 15) is 5.48 Å². The number of para-hydroxylation sites is 3. The molecule has 0 aliphatic carbocycles. The molecule has 0 fully saturated rings. The number of hydrogen-bond donors (Lipinski definition) is 0. The Morgan fingerprint density at radius 1 is 0.306 bits per heavy atom. The maximum absolute atomic E-state index is 9.77. The van der Waals surface area contributed by atoms with Gasteiger partial charge in [-0.05, 0) is 99.1 Å². The molecule has 0 spiro atoms. The fourth-order valence-electron chi connectivity index (χ4n) is 8.69. The molecule has 292 valence electrons. The van der Waals surface area contributed by atoms with Crippen LogP contribution in [0, 0.1) is 0 Å². The van der Waals surface area contributed by atoms with Crippen LogP contribution in [0.2, 0.25) is 0 Å². The molecule has 2 heteroatoms. The van der Waals surface area contributed by atoms with Gasteiger partial charge in [-0.2, -0.15) is 0 Å². The summed E-state index contributed by atoms with van der Waals surface area (Å²) in [4.78, 5) is 1.89. The Morgan fingerprint density at radius 2 is 0.774 bits per heavy atom. The van der Waals surface area contributed by atoms with E-state index in [1.54, 1.807) is 0 Å².